The highest BCUT2D eigenvalue weighted by atomic mass is 16.5. The summed E-state index contributed by atoms with van der Waals surface area (Å²) in [5, 5.41) is 9.79. The van der Waals surface area contributed by atoms with Crippen molar-refractivity contribution in [2.75, 3.05) is 31.1 Å². The number of benzene rings is 2. The largest absolute Gasteiger partial charge is 0.338 e. The number of fused-ring (bicyclic) bond motifs is 3. The van der Waals surface area contributed by atoms with Crippen LogP contribution in [0.2, 0.25) is 0 Å². The van der Waals surface area contributed by atoms with E-state index in [9.17, 15) is 0 Å². The minimum Gasteiger partial charge on any atom is -0.338 e. The smallest absolute Gasteiger partial charge is 0.241 e. The number of hydrogen-bond donors (Lipinski definition) is 0. The van der Waals surface area contributed by atoms with Gasteiger partial charge in [-0.3, -0.25) is 4.90 Å². The van der Waals surface area contributed by atoms with Gasteiger partial charge in [0, 0.05) is 37.1 Å². The van der Waals surface area contributed by atoms with Gasteiger partial charge < -0.3 is 9.42 Å². The molecule has 166 valence electrons. The summed E-state index contributed by atoms with van der Waals surface area (Å²) in [6.45, 7) is 8.01. The molecule has 4 heterocycles. The molecule has 9 heteroatoms. The van der Waals surface area contributed by atoms with E-state index in [2.05, 4.69) is 49.1 Å². The van der Waals surface area contributed by atoms with Crippen LogP contribution in [0.1, 0.15) is 17.3 Å². The summed E-state index contributed by atoms with van der Waals surface area (Å²) in [4.78, 5) is 18.8. The van der Waals surface area contributed by atoms with Crippen molar-refractivity contribution in [1.82, 2.24) is 34.6 Å². The second kappa shape index (κ2) is 7.93. The standard InChI is InChI=1S/C24H24N8O/c1-16-7-9-18(10-8-16)22-27-21(33-29-22)15-30-11-13-31(14-12-30)24-26-20-6-4-3-5-19(20)23-25-17(2)28-32(23)24/h3-10H,11-15H2,1-2H3. The summed E-state index contributed by atoms with van der Waals surface area (Å²) in [6.07, 6.45) is 0. The fourth-order valence-corrected chi connectivity index (χ4v) is 4.29. The Labute approximate surface area is 190 Å². The molecule has 0 spiro atoms. The van der Waals surface area contributed by atoms with Gasteiger partial charge in [-0.1, -0.05) is 47.1 Å². The van der Waals surface area contributed by atoms with Gasteiger partial charge in [-0.05, 0) is 26.0 Å². The maximum Gasteiger partial charge on any atom is 0.241 e. The quantitative estimate of drug-likeness (QED) is 0.421. The van der Waals surface area contributed by atoms with Crippen molar-refractivity contribution >= 4 is 22.5 Å². The fourth-order valence-electron chi connectivity index (χ4n) is 4.29. The zero-order chi connectivity index (χ0) is 22.4. The summed E-state index contributed by atoms with van der Waals surface area (Å²) in [5.74, 6) is 2.85. The molecule has 3 aromatic heterocycles. The van der Waals surface area contributed by atoms with Crippen molar-refractivity contribution in [3.8, 4) is 11.4 Å². The first-order chi connectivity index (χ1) is 16.1. The molecular formula is C24H24N8O. The highest BCUT2D eigenvalue weighted by Crippen LogP contribution is 2.24. The van der Waals surface area contributed by atoms with Crippen molar-refractivity contribution in [2.24, 2.45) is 0 Å². The van der Waals surface area contributed by atoms with Gasteiger partial charge in [0.1, 0.15) is 5.82 Å². The summed E-state index contributed by atoms with van der Waals surface area (Å²) in [5.41, 5.74) is 3.96. The fraction of sp³-hybridized carbons (Fsp3) is 0.292. The van der Waals surface area contributed by atoms with Crippen LogP contribution in [0.15, 0.2) is 53.1 Å². The van der Waals surface area contributed by atoms with Crippen LogP contribution in [0.5, 0.6) is 0 Å². The van der Waals surface area contributed by atoms with Crippen LogP contribution in [0.25, 0.3) is 27.9 Å². The van der Waals surface area contributed by atoms with Crippen LogP contribution < -0.4 is 4.90 Å². The minimum absolute atomic E-state index is 0.632. The Hall–Kier alpha value is -3.85. The number of hydrogen-bond acceptors (Lipinski definition) is 8. The van der Waals surface area contributed by atoms with Gasteiger partial charge in [0.25, 0.3) is 0 Å². The molecule has 33 heavy (non-hydrogen) atoms. The van der Waals surface area contributed by atoms with Gasteiger partial charge in [0.05, 0.1) is 12.1 Å². The molecule has 0 atom stereocenters. The highest BCUT2D eigenvalue weighted by molar-refractivity contribution is 5.92. The molecule has 1 aliphatic rings. The highest BCUT2D eigenvalue weighted by Gasteiger charge is 2.23. The predicted octanol–water partition coefficient (Wildman–Crippen LogP) is 3.27. The number of aryl methyl sites for hydroxylation is 2. The zero-order valence-corrected chi connectivity index (χ0v) is 18.6. The van der Waals surface area contributed by atoms with E-state index < -0.39 is 0 Å². The number of piperazine rings is 1. The molecule has 9 nitrogen and oxygen atoms in total. The molecule has 1 aliphatic heterocycles. The molecule has 2 aromatic carbocycles. The average Bonchev–Trinajstić information content (AvgIpc) is 3.46. The summed E-state index contributed by atoms with van der Waals surface area (Å²) >= 11 is 0. The number of para-hydroxylation sites is 1. The van der Waals surface area contributed by atoms with Gasteiger partial charge >= 0.3 is 0 Å². The van der Waals surface area contributed by atoms with Crippen molar-refractivity contribution in [2.45, 2.75) is 20.4 Å². The van der Waals surface area contributed by atoms with Gasteiger partial charge in [-0.25, -0.2) is 9.97 Å². The average molecular weight is 441 g/mol. The molecular weight excluding hydrogens is 416 g/mol. The van der Waals surface area contributed by atoms with E-state index >= 15 is 0 Å². The minimum atomic E-state index is 0.632. The lowest BCUT2D eigenvalue weighted by Gasteiger charge is -2.34. The van der Waals surface area contributed by atoms with E-state index in [1.807, 2.05) is 47.8 Å². The second-order valence-electron chi connectivity index (χ2n) is 8.46. The third-order valence-corrected chi connectivity index (χ3v) is 6.06. The Morgan fingerprint density at radius 2 is 1.67 bits per heavy atom. The second-order valence-corrected chi connectivity index (χ2v) is 8.46. The Bertz CT molecular complexity index is 1430. The van der Waals surface area contributed by atoms with Gasteiger partial charge in [-0.15, -0.1) is 5.10 Å². The van der Waals surface area contributed by atoms with E-state index in [-0.39, 0.29) is 0 Å². The van der Waals surface area contributed by atoms with Crippen LogP contribution in [0.3, 0.4) is 0 Å². The molecule has 0 unspecified atom stereocenters. The van der Waals surface area contributed by atoms with Crippen LogP contribution >= 0.6 is 0 Å². The molecule has 1 fully saturated rings. The SMILES string of the molecule is Cc1ccc(-c2noc(CN3CCN(c4nc5ccccc5c5nc(C)nn45)CC3)n2)cc1. The topological polar surface area (TPSA) is 88.5 Å². The lowest BCUT2D eigenvalue weighted by molar-refractivity contribution is 0.214. The Morgan fingerprint density at radius 3 is 2.48 bits per heavy atom. The lowest BCUT2D eigenvalue weighted by Crippen LogP contribution is -2.47. The number of anilines is 1. The molecule has 0 amide bonds. The summed E-state index contributed by atoms with van der Waals surface area (Å²) in [6, 6.07) is 16.2. The van der Waals surface area contributed by atoms with Crippen LogP contribution in [0.4, 0.5) is 5.95 Å². The monoisotopic (exact) mass is 440 g/mol. The van der Waals surface area contributed by atoms with E-state index in [4.69, 9.17) is 9.51 Å². The van der Waals surface area contributed by atoms with Gasteiger partial charge in [-0.2, -0.15) is 9.50 Å². The van der Waals surface area contributed by atoms with Crippen molar-refractivity contribution in [3.63, 3.8) is 0 Å². The molecule has 0 bridgehead atoms. The third-order valence-electron chi connectivity index (χ3n) is 6.06. The maximum atomic E-state index is 5.52. The predicted molar refractivity (Wildman–Crippen MR) is 125 cm³/mol. The van der Waals surface area contributed by atoms with Gasteiger partial charge in [0.2, 0.25) is 17.7 Å². The van der Waals surface area contributed by atoms with E-state index in [1.165, 1.54) is 5.56 Å². The number of aromatic nitrogens is 6. The molecule has 0 saturated carbocycles. The third kappa shape index (κ3) is 3.70. The van der Waals surface area contributed by atoms with Crippen LogP contribution in [0, 0.1) is 13.8 Å². The summed E-state index contributed by atoms with van der Waals surface area (Å²) in [7, 11) is 0. The first-order valence-corrected chi connectivity index (χ1v) is 11.1. The molecule has 0 radical (unpaired) electrons. The van der Waals surface area contributed by atoms with Gasteiger partial charge in [0.15, 0.2) is 5.65 Å². The number of rotatable bonds is 4. The molecule has 0 aliphatic carbocycles. The molecule has 1 saturated heterocycles. The summed E-state index contributed by atoms with van der Waals surface area (Å²) < 4.78 is 7.40. The normalized spacial score (nSPS) is 15.0. The van der Waals surface area contributed by atoms with Crippen LogP contribution in [-0.4, -0.2) is 60.8 Å². The van der Waals surface area contributed by atoms with Crippen molar-refractivity contribution < 1.29 is 4.52 Å². The van der Waals surface area contributed by atoms with E-state index in [0.29, 0.717) is 18.3 Å². The molecule has 0 N–H and O–H groups in total. The first-order valence-electron chi connectivity index (χ1n) is 11.1. The van der Waals surface area contributed by atoms with Crippen molar-refractivity contribution in [3.05, 3.63) is 65.8 Å². The number of nitrogens with zero attached hydrogens (tertiary/aromatic N) is 8. The molecule has 6 rings (SSSR count). The van der Waals surface area contributed by atoms with E-state index in [1.54, 1.807) is 0 Å². The Kier molecular flexibility index (Phi) is 4.76. The Morgan fingerprint density at radius 1 is 0.879 bits per heavy atom. The first kappa shape index (κ1) is 19.8. The molecule has 5 aromatic rings. The van der Waals surface area contributed by atoms with E-state index in [0.717, 1.165) is 60.1 Å². The maximum absolute atomic E-state index is 5.52. The Balaban J connectivity index is 1.18. The lowest BCUT2D eigenvalue weighted by atomic mass is 10.1. The van der Waals surface area contributed by atoms with Crippen molar-refractivity contribution in [1.29, 1.82) is 0 Å². The zero-order valence-electron chi connectivity index (χ0n) is 18.6. The van der Waals surface area contributed by atoms with Crippen LogP contribution in [-0.2, 0) is 6.54 Å².